The molecule has 98 valence electrons. The van der Waals surface area contributed by atoms with Crippen LogP contribution in [-0.2, 0) is 0 Å². The standard InChI is InChI=1S/C15H11ClN4/c16-15-12(6-7-13-11-17-8-9-18-13)10-19-20(15)14-4-2-1-3-5-14/h1-11H/b7-6+. The van der Waals surface area contributed by atoms with E-state index in [1.165, 1.54) is 0 Å². The molecule has 2 aromatic heterocycles. The first-order valence-corrected chi connectivity index (χ1v) is 6.45. The van der Waals surface area contributed by atoms with Gasteiger partial charge in [0.05, 0.1) is 23.8 Å². The molecule has 0 bridgehead atoms. The van der Waals surface area contributed by atoms with E-state index in [0.29, 0.717) is 5.15 Å². The van der Waals surface area contributed by atoms with E-state index in [4.69, 9.17) is 11.6 Å². The van der Waals surface area contributed by atoms with Crippen LogP contribution >= 0.6 is 11.6 Å². The summed E-state index contributed by atoms with van der Waals surface area (Å²) >= 11 is 6.34. The maximum atomic E-state index is 6.34. The van der Waals surface area contributed by atoms with E-state index in [2.05, 4.69) is 15.1 Å². The first-order valence-electron chi connectivity index (χ1n) is 6.07. The lowest BCUT2D eigenvalue weighted by atomic mass is 10.3. The van der Waals surface area contributed by atoms with Crippen LogP contribution in [0.1, 0.15) is 11.3 Å². The van der Waals surface area contributed by atoms with Crippen LogP contribution in [0, 0.1) is 0 Å². The van der Waals surface area contributed by atoms with Gasteiger partial charge in [-0.15, -0.1) is 0 Å². The van der Waals surface area contributed by atoms with Crippen molar-refractivity contribution in [3.63, 3.8) is 0 Å². The maximum Gasteiger partial charge on any atom is 0.140 e. The quantitative estimate of drug-likeness (QED) is 0.738. The zero-order valence-electron chi connectivity index (χ0n) is 10.5. The summed E-state index contributed by atoms with van der Waals surface area (Å²) in [6.07, 6.45) is 10.4. The van der Waals surface area contributed by atoms with Crippen LogP contribution in [0.25, 0.3) is 17.8 Å². The molecule has 4 nitrogen and oxygen atoms in total. The Morgan fingerprint density at radius 2 is 1.85 bits per heavy atom. The van der Waals surface area contributed by atoms with Crippen molar-refractivity contribution in [2.24, 2.45) is 0 Å². The van der Waals surface area contributed by atoms with E-state index < -0.39 is 0 Å². The van der Waals surface area contributed by atoms with E-state index in [-0.39, 0.29) is 0 Å². The van der Waals surface area contributed by atoms with Crippen LogP contribution in [0.4, 0.5) is 0 Å². The number of hydrogen-bond donors (Lipinski definition) is 0. The lowest BCUT2D eigenvalue weighted by molar-refractivity contribution is 0.881. The van der Waals surface area contributed by atoms with E-state index in [9.17, 15) is 0 Å². The van der Waals surface area contributed by atoms with Crippen molar-refractivity contribution in [1.82, 2.24) is 19.7 Å². The zero-order valence-corrected chi connectivity index (χ0v) is 11.3. The molecule has 0 aliphatic carbocycles. The monoisotopic (exact) mass is 282 g/mol. The fourth-order valence-electron chi connectivity index (χ4n) is 1.78. The number of nitrogens with zero attached hydrogens (tertiary/aromatic N) is 4. The van der Waals surface area contributed by atoms with Gasteiger partial charge in [-0.05, 0) is 24.3 Å². The van der Waals surface area contributed by atoms with E-state index in [1.54, 1.807) is 29.5 Å². The van der Waals surface area contributed by atoms with Crippen molar-refractivity contribution >= 4 is 23.8 Å². The first-order chi connectivity index (χ1) is 9.84. The molecule has 0 amide bonds. The minimum absolute atomic E-state index is 0.566. The minimum atomic E-state index is 0.566. The molecule has 2 heterocycles. The number of hydrogen-bond acceptors (Lipinski definition) is 3. The maximum absolute atomic E-state index is 6.34. The largest absolute Gasteiger partial charge is 0.261 e. The molecule has 0 N–H and O–H groups in total. The predicted molar refractivity (Wildman–Crippen MR) is 79.5 cm³/mol. The summed E-state index contributed by atoms with van der Waals surface area (Å²) in [6, 6.07) is 9.75. The molecular formula is C15H11ClN4. The second-order valence-electron chi connectivity index (χ2n) is 4.10. The third kappa shape index (κ3) is 2.60. The van der Waals surface area contributed by atoms with E-state index in [1.807, 2.05) is 42.5 Å². The van der Waals surface area contributed by atoms with Crippen LogP contribution in [-0.4, -0.2) is 19.7 Å². The minimum Gasteiger partial charge on any atom is -0.261 e. The van der Waals surface area contributed by atoms with Gasteiger partial charge in [-0.1, -0.05) is 29.8 Å². The van der Waals surface area contributed by atoms with Crippen molar-refractivity contribution < 1.29 is 0 Å². The van der Waals surface area contributed by atoms with Gasteiger partial charge in [-0.2, -0.15) is 5.10 Å². The molecule has 5 heteroatoms. The van der Waals surface area contributed by atoms with Crippen LogP contribution in [0.3, 0.4) is 0 Å². The number of rotatable bonds is 3. The topological polar surface area (TPSA) is 43.6 Å². The number of aromatic nitrogens is 4. The normalized spacial score (nSPS) is 11.1. The van der Waals surface area contributed by atoms with Crippen LogP contribution in [0.5, 0.6) is 0 Å². The molecule has 0 aliphatic heterocycles. The smallest absolute Gasteiger partial charge is 0.140 e. The fraction of sp³-hybridized carbons (Fsp3) is 0. The highest BCUT2D eigenvalue weighted by Crippen LogP contribution is 2.21. The summed E-state index contributed by atoms with van der Waals surface area (Å²) < 4.78 is 1.69. The molecule has 0 saturated heterocycles. The Hall–Kier alpha value is -2.46. The number of halogens is 1. The van der Waals surface area contributed by atoms with Gasteiger partial charge in [0.2, 0.25) is 0 Å². The first kappa shape index (κ1) is 12.6. The Bertz CT molecular complexity index is 720. The third-order valence-corrected chi connectivity index (χ3v) is 3.13. The zero-order chi connectivity index (χ0) is 13.8. The van der Waals surface area contributed by atoms with Gasteiger partial charge in [0, 0.05) is 18.0 Å². The highest BCUT2D eigenvalue weighted by atomic mass is 35.5. The second kappa shape index (κ2) is 5.67. The Kier molecular flexibility index (Phi) is 3.56. The lowest BCUT2D eigenvalue weighted by Gasteiger charge is -2.01. The van der Waals surface area contributed by atoms with E-state index in [0.717, 1.165) is 16.9 Å². The highest BCUT2D eigenvalue weighted by Gasteiger charge is 2.07. The summed E-state index contributed by atoms with van der Waals surface area (Å²) in [7, 11) is 0. The third-order valence-electron chi connectivity index (χ3n) is 2.75. The van der Waals surface area contributed by atoms with Gasteiger partial charge in [0.15, 0.2) is 0 Å². The van der Waals surface area contributed by atoms with Gasteiger partial charge >= 0.3 is 0 Å². The van der Waals surface area contributed by atoms with Crippen molar-refractivity contribution in [1.29, 1.82) is 0 Å². The molecule has 3 aromatic rings. The Morgan fingerprint density at radius 1 is 1.00 bits per heavy atom. The number of benzene rings is 1. The van der Waals surface area contributed by atoms with Gasteiger partial charge in [0.1, 0.15) is 5.15 Å². The SMILES string of the molecule is Clc1c(/C=C/c2cnccn2)cnn1-c1ccccc1. The average Bonchev–Trinajstić information content (AvgIpc) is 2.88. The Morgan fingerprint density at radius 3 is 2.60 bits per heavy atom. The molecule has 20 heavy (non-hydrogen) atoms. The molecule has 1 aromatic carbocycles. The Labute approximate surface area is 121 Å². The molecular weight excluding hydrogens is 272 g/mol. The van der Waals surface area contributed by atoms with Crippen molar-refractivity contribution in [3.05, 3.63) is 71.5 Å². The summed E-state index contributed by atoms with van der Waals surface area (Å²) in [5, 5.41) is 4.86. The van der Waals surface area contributed by atoms with Crippen molar-refractivity contribution in [3.8, 4) is 5.69 Å². The van der Waals surface area contributed by atoms with Gasteiger partial charge in [-0.3, -0.25) is 9.97 Å². The van der Waals surface area contributed by atoms with Gasteiger partial charge in [-0.25, -0.2) is 4.68 Å². The highest BCUT2D eigenvalue weighted by molar-refractivity contribution is 6.31. The van der Waals surface area contributed by atoms with Crippen LogP contribution < -0.4 is 0 Å². The number of para-hydroxylation sites is 1. The summed E-state index contributed by atoms with van der Waals surface area (Å²) in [5.74, 6) is 0. The molecule has 0 unspecified atom stereocenters. The van der Waals surface area contributed by atoms with Gasteiger partial charge in [0.25, 0.3) is 0 Å². The molecule has 0 spiro atoms. The van der Waals surface area contributed by atoms with Crippen molar-refractivity contribution in [2.75, 3.05) is 0 Å². The molecule has 0 atom stereocenters. The molecule has 0 fully saturated rings. The lowest BCUT2D eigenvalue weighted by Crippen LogP contribution is -1.95. The summed E-state index contributed by atoms with van der Waals surface area (Å²) in [4.78, 5) is 8.17. The molecule has 3 rings (SSSR count). The summed E-state index contributed by atoms with van der Waals surface area (Å²) in [6.45, 7) is 0. The Balaban J connectivity index is 1.90. The summed E-state index contributed by atoms with van der Waals surface area (Å²) in [5.41, 5.74) is 2.54. The predicted octanol–water partition coefficient (Wildman–Crippen LogP) is 3.49. The van der Waals surface area contributed by atoms with Crippen LogP contribution in [0.2, 0.25) is 5.15 Å². The average molecular weight is 283 g/mol. The van der Waals surface area contributed by atoms with Crippen LogP contribution in [0.15, 0.2) is 55.1 Å². The molecule has 0 saturated carbocycles. The molecule has 0 radical (unpaired) electrons. The molecule has 0 aliphatic rings. The van der Waals surface area contributed by atoms with E-state index >= 15 is 0 Å². The van der Waals surface area contributed by atoms with Crippen molar-refractivity contribution in [2.45, 2.75) is 0 Å². The fourth-order valence-corrected chi connectivity index (χ4v) is 2.03. The van der Waals surface area contributed by atoms with Gasteiger partial charge < -0.3 is 0 Å². The second-order valence-corrected chi connectivity index (χ2v) is 4.46.